The van der Waals surface area contributed by atoms with Gasteiger partial charge >= 0.3 is 15.5 Å². The third kappa shape index (κ3) is 5.92. The second kappa shape index (κ2) is 4.63. The van der Waals surface area contributed by atoms with Gasteiger partial charge in [-0.05, 0) is 6.42 Å². The normalized spacial score (nSPS) is 14.1. The molecule has 0 aromatic heterocycles. The molecule has 0 atom stereocenters. The van der Waals surface area contributed by atoms with Crippen molar-refractivity contribution >= 4 is 20.1 Å². The van der Waals surface area contributed by atoms with Gasteiger partial charge in [0.05, 0.1) is 5.75 Å². The van der Waals surface area contributed by atoms with Gasteiger partial charge in [-0.2, -0.15) is 21.6 Å². The molecule has 0 heterocycles. The maximum Gasteiger partial charge on any atom is 0.511 e. The quantitative estimate of drug-likeness (QED) is 0.528. The van der Waals surface area contributed by atoms with E-state index in [0.717, 1.165) is 4.72 Å². The summed E-state index contributed by atoms with van der Waals surface area (Å²) in [5.41, 5.74) is -5.43. The predicted octanol–water partition coefficient (Wildman–Crippen LogP) is -0.296. The van der Waals surface area contributed by atoms with Crippen LogP contribution in [0.2, 0.25) is 0 Å². The van der Waals surface area contributed by atoms with Gasteiger partial charge in [0.2, 0.25) is 0 Å². The standard InChI is InChI=1S/C4H8F3NO5S2/c5-4(6,7)15(12,13)8-2-1-3-14(9,10)11/h8H,1-3H2,(H,9,10,11). The molecule has 0 spiro atoms. The number of hydrogen-bond donors (Lipinski definition) is 2. The molecule has 0 radical (unpaired) electrons. The van der Waals surface area contributed by atoms with Crippen molar-refractivity contribution < 1.29 is 34.6 Å². The third-order valence-corrected chi connectivity index (χ3v) is 3.17. The fourth-order valence-corrected chi connectivity index (χ4v) is 1.63. The molecule has 2 N–H and O–H groups in total. The number of alkyl halides is 3. The summed E-state index contributed by atoms with van der Waals surface area (Å²) < 4.78 is 85.2. The smallest absolute Gasteiger partial charge is 0.286 e. The van der Waals surface area contributed by atoms with Crippen LogP contribution >= 0.6 is 0 Å². The lowest BCUT2D eigenvalue weighted by molar-refractivity contribution is -0.0447. The molecular weight excluding hydrogens is 263 g/mol. The van der Waals surface area contributed by atoms with Crippen LogP contribution in [0.1, 0.15) is 6.42 Å². The van der Waals surface area contributed by atoms with Crippen molar-refractivity contribution in [1.82, 2.24) is 4.72 Å². The summed E-state index contributed by atoms with van der Waals surface area (Å²) in [6.07, 6.45) is -0.450. The van der Waals surface area contributed by atoms with Crippen LogP contribution in [0.5, 0.6) is 0 Å². The van der Waals surface area contributed by atoms with Crippen molar-refractivity contribution in [1.29, 1.82) is 0 Å². The Hall–Kier alpha value is -0.390. The zero-order valence-electron chi connectivity index (χ0n) is 7.15. The molecule has 0 amide bonds. The Kier molecular flexibility index (Phi) is 4.51. The molecule has 0 unspecified atom stereocenters. The zero-order valence-corrected chi connectivity index (χ0v) is 8.78. The summed E-state index contributed by atoms with van der Waals surface area (Å²) in [5, 5.41) is 0. The molecule has 0 saturated heterocycles. The number of rotatable bonds is 5. The van der Waals surface area contributed by atoms with Crippen molar-refractivity contribution in [2.75, 3.05) is 12.3 Å². The van der Waals surface area contributed by atoms with Crippen molar-refractivity contribution in [2.24, 2.45) is 0 Å². The Bertz CT molecular complexity index is 396. The molecule has 0 aromatic rings. The first-order valence-electron chi connectivity index (χ1n) is 3.47. The van der Waals surface area contributed by atoms with Crippen LogP contribution < -0.4 is 4.72 Å². The van der Waals surface area contributed by atoms with E-state index in [1.54, 1.807) is 0 Å². The Morgan fingerprint density at radius 2 is 1.60 bits per heavy atom. The molecule has 0 aromatic carbocycles. The van der Waals surface area contributed by atoms with Crippen LogP contribution in [0.3, 0.4) is 0 Å². The largest absolute Gasteiger partial charge is 0.511 e. The minimum atomic E-state index is -5.44. The average Bonchev–Trinajstić information content (AvgIpc) is 1.94. The van der Waals surface area contributed by atoms with Crippen molar-refractivity contribution in [3.8, 4) is 0 Å². The van der Waals surface area contributed by atoms with E-state index >= 15 is 0 Å². The Morgan fingerprint density at radius 1 is 1.13 bits per heavy atom. The first-order chi connectivity index (χ1) is 6.46. The summed E-state index contributed by atoms with van der Waals surface area (Å²) >= 11 is 0. The molecule has 11 heteroatoms. The van der Waals surface area contributed by atoms with E-state index in [1.807, 2.05) is 0 Å². The van der Waals surface area contributed by atoms with Gasteiger partial charge in [-0.3, -0.25) is 4.55 Å². The van der Waals surface area contributed by atoms with E-state index in [0.29, 0.717) is 0 Å². The molecule has 15 heavy (non-hydrogen) atoms. The van der Waals surface area contributed by atoms with Gasteiger partial charge in [0.15, 0.2) is 0 Å². The molecule has 0 aliphatic carbocycles. The Morgan fingerprint density at radius 3 is 1.93 bits per heavy atom. The molecule has 0 aliphatic rings. The topological polar surface area (TPSA) is 101 Å². The summed E-state index contributed by atoms with van der Waals surface area (Å²) in [6.45, 7) is -0.721. The van der Waals surface area contributed by atoms with Gasteiger partial charge in [0.25, 0.3) is 10.1 Å². The third-order valence-electron chi connectivity index (χ3n) is 1.18. The molecule has 0 saturated carbocycles. The highest BCUT2D eigenvalue weighted by molar-refractivity contribution is 7.90. The minimum Gasteiger partial charge on any atom is -0.286 e. The second-order valence-corrected chi connectivity index (χ2v) is 5.81. The van der Waals surface area contributed by atoms with Gasteiger partial charge in [0.1, 0.15) is 0 Å². The lowest BCUT2D eigenvalue weighted by Gasteiger charge is -2.08. The molecule has 0 aliphatic heterocycles. The SMILES string of the molecule is O=S(=O)(O)CCCNS(=O)(=O)C(F)(F)F. The minimum absolute atomic E-state index is 0.450. The monoisotopic (exact) mass is 271 g/mol. The Balaban J connectivity index is 4.10. The fourth-order valence-electron chi connectivity index (χ4n) is 0.543. The molecule has 6 nitrogen and oxygen atoms in total. The lowest BCUT2D eigenvalue weighted by Crippen LogP contribution is -2.37. The Labute approximate surface area is 84.3 Å². The summed E-state index contributed by atoms with van der Waals surface area (Å²) in [6, 6.07) is 0. The number of hydrogen-bond acceptors (Lipinski definition) is 4. The van der Waals surface area contributed by atoms with Crippen LogP contribution in [0.25, 0.3) is 0 Å². The van der Waals surface area contributed by atoms with E-state index in [2.05, 4.69) is 0 Å². The van der Waals surface area contributed by atoms with Gasteiger partial charge in [-0.1, -0.05) is 0 Å². The van der Waals surface area contributed by atoms with Crippen molar-refractivity contribution in [2.45, 2.75) is 11.9 Å². The van der Waals surface area contributed by atoms with E-state index < -0.39 is 44.4 Å². The highest BCUT2D eigenvalue weighted by atomic mass is 32.2. The highest BCUT2D eigenvalue weighted by Crippen LogP contribution is 2.21. The van der Waals surface area contributed by atoms with Gasteiger partial charge < -0.3 is 0 Å². The average molecular weight is 271 g/mol. The number of nitrogens with one attached hydrogen (secondary N) is 1. The van der Waals surface area contributed by atoms with Crippen LogP contribution in [0.15, 0.2) is 0 Å². The van der Waals surface area contributed by atoms with Crippen LogP contribution in [0.4, 0.5) is 13.2 Å². The number of halogens is 3. The van der Waals surface area contributed by atoms with E-state index in [1.165, 1.54) is 0 Å². The molecular formula is C4H8F3NO5S2. The van der Waals surface area contributed by atoms with Crippen LogP contribution in [-0.4, -0.2) is 39.2 Å². The van der Waals surface area contributed by atoms with Crippen LogP contribution in [0, 0.1) is 0 Å². The maximum absolute atomic E-state index is 11.7. The first-order valence-corrected chi connectivity index (χ1v) is 6.56. The predicted molar refractivity (Wildman–Crippen MR) is 44.0 cm³/mol. The van der Waals surface area contributed by atoms with Crippen molar-refractivity contribution in [3.63, 3.8) is 0 Å². The van der Waals surface area contributed by atoms with Crippen molar-refractivity contribution in [3.05, 3.63) is 0 Å². The molecule has 0 bridgehead atoms. The van der Waals surface area contributed by atoms with E-state index in [9.17, 15) is 30.0 Å². The summed E-state index contributed by atoms with van der Waals surface area (Å²) in [5.74, 6) is -0.812. The second-order valence-electron chi connectivity index (χ2n) is 2.48. The van der Waals surface area contributed by atoms with E-state index in [-0.39, 0.29) is 0 Å². The van der Waals surface area contributed by atoms with Gasteiger partial charge in [0, 0.05) is 6.54 Å². The van der Waals surface area contributed by atoms with Gasteiger partial charge in [-0.25, -0.2) is 13.1 Å². The van der Waals surface area contributed by atoms with Gasteiger partial charge in [-0.15, -0.1) is 0 Å². The molecule has 0 fully saturated rings. The summed E-state index contributed by atoms with van der Waals surface area (Å²) in [7, 11) is -9.74. The fraction of sp³-hybridized carbons (Fsp3) is 1.00. The highest BCUT2D eigenvalue weighted by Gasteiger charge is 2.45. The molecule has 0 rings (SSSR count). The van der Waals surface area contributed by atoms with E-state index in [4.69, 9.17) is 4.55 Å². The maximum atomic E-state index is 11.7. The number of sulfonamides is 1. The summed E-state index contributed by atoms with van der Waals surface area (Å²) in [4.78, 5) is 0. The lowest BCUT2D eigenvalue weighted by atomic mass is 10.5. The zero-order chi connectivity index (χ0) is 12.3. The van der Waals surface area contributed by atoms with Crippen LogP contribution in [-0.2, 0) is 20.1 Å². The first kappa shape index (κ1) is 14.6. The molecule has 92 valence electrons.